The van der Waals surface area contributed by atoms with E-state index in [0.29, 0.717) is 24.7 Å². The van der Waals surface area contributed by atoms with Gasteiger partial charge >= 0.3 is 6.09 Å². The predicted molar refractivity (Wildman–Crippen MR) is 108 cm³/mol. The van der Waals surface area contributed by atoms with Crippen LogP contribution in [0.25, 0.3) is 0 Å². The fourth-order valence-corrected chi connectivity index (χ4v) is 3.34. The molecule has 1 aromatic heterocycles. The second-order valence-electron chi connectivity index (χ2n) is 8.60. The third-order valence-corrected chi connectivity index (χ3v) is 5.03. The summed E-state index contributed by atoms with van der Waals surface area (Å²) in [7, 11) is 0. The predicted octanol–water partition coefficient (Wildman–Crippen LogP) is 4.97. The molecule has 28 heavy (non-hydrogen) atoms. The Bertz CT molecular complexity index is 757. The van der Waals surface area contributed by atoms with Crippen molar-refractivity contribution in [3.8, 4) is 6.07 Å². The van der Waals surface area contributed by atoms with Crippen molar-refractivity contribution >= 4 is 17.7 Å². The van der Waals surface area contributed by atoms with Gasteiger partial charge in [-0.25, -0.2) is 4.79 Å². The Balaban J connectivity index is 0.000000500. The number of carbonyl (C=O) groups is 1. The first-order chi connectivity index (χ1) is 13.0. The number of halogens is 1. The van der Waals surface area contributed by atoms with Gasteiger partial charge in [-0.05, 0) is 60.5 Å². The van der Waals surface area contributed by atoms with Gasteiger partial charge < -0.3 is 14.4 Å². The number of piperidine rings is 1. The summed E-state index contributed by atoms with van der Waals surface area (Å²) >= 11 is 6.16. The summed E-state index contributed by atoms with van der Waals surface area (Å²) in [6.45, 7) is 13.0. The number of carbonyl (C=O) groups excluding carboxylic acids is 1. The highest BCUT2D eigenvalue weighted by Crippen LogP contribution is 2.44. The maximum absolute atomic E-state index is 12.2. The summed E-state index contributed by atoms with van der Waals surface area (Å²) in [4.78, 5) is 18.6. The molecule has 0 radical (unpaired) electrons. The van der Waals surface area contributed by atoms with Crippen molar-refractivity contribution < 1.29 is 14.3 Å². The van der Waals surface area contributed by atoms with Crippen molar-refractivity contribution in [2.24, 2.45) is 5.92 Å². The van der Waals surface area contributed by atoms with Crippen LogP contribution in [0.2, 0.25) is 5.02 Å². The van der Waals surface area contributed by atoms with Crippen molar-refractivity contribution in [1.82, 2.24) is 9.88 Å². The van der Waals surface area contributed by atoms with Crippen molar-refractivity contribution in [2.75, 3.05) is 13.1 Å². The van der Waals surface area contributed by atoms with Crippen LogP contribution in [0.4, 0.5) is 4.79 Å². The van der Waals surface area contributed by atoms with Gasteiger partial charge in [0.25, 0.3) is 0 Å². The number of ether oxygens (including phenoxy) is 2. The second kappa shape index (κ2) is 8.67. The van der Waals surface area contributed by atoms with Gasteiger partial charge in [0.1, 0.15) is 11.2 Å². The first-order valence-corrected chi connectivity index (χ1v) is 10.0. The Morgan fingerprint density at radius 3 is 2.46 bits per heavy atom. The molecule has 1 fully saturated rings. The van der Waals surface area contributed by atoms with Crippen LogP contribution < -0.4 is 0 Å². The quantitative estimate of drug-likeness (QED) is 0.607. The molecule has 0 N–H and O–H groups in total. The van der Waals surface area contributed by atoms with E-state index in [2.05, 4.69) is 4.98 Å². The normalized spacial score (nSPS) is 17.6. The SMILES string of the molecule is CC(C)C#N.Cc1nc2c(cc1Cl)COC21CCN(C(=O)OC(C)(C)C)CC1. The number of aromatic nitrogens is 1. The zero-order valence-corrected chi connectivity index (χ0v) is 18.4. The fourth-order valence-electron chi connectivity index (χ4n) is 3.17. The minimum atomic E-state index is -0.474. The largest absolute Gasteiger partial charge is 0.444 e. The molecular weight excluding hydrogens is 378 g/mol. The summed E-state index contributed by atoms with van der Waals surface area (Å²) in [5.41, 5.74) is 2.01. The number of hydrogen-bond donors (Lipinski definition) is 0. The van der Waals surface area contributed by atoms with E-state index in [1.165, 1.54) is 0 Å². The smallest absolute Gasteiger partial charge is 0.410 e. The molecule has 0 unspecified atom stereocenters. The van der Waals surface area contributed by atoms with Crippen molar-refractivity contribution in [3.63, 3.8) is 0 Å². The maximum atomic E-state index is 12.2. The number of amides is 1. The molecule has 2 aliphatic rings. The summed E-state index contributed by atoms with van der Waals surface area (Å²) < 4.78 is 11.5. The zero-order valence-electron chi connectivity index (χ0n) is 17.6. The van der Waals surface area contributed by atoms with E-state index in [4.69, 9.17) is 26.3 Å². The molecule has 0 bridgehead atoms. The number of fused-ring (bicyclic) bond motifs is 2. The topological polar surface area (TPSA) is 75.5 Å². The number of rotatable bonds is 0. The number of hydrogen-bond acceptors (Lipinski definition) is 5. The van der Waals surface area contributed by atoms with Crippen LogP contribution >= 0.6 is 11.6 Å². The van der Waals surface area contributed by atoms with Crippen LogP contribution in [-0.4, -0.2) is 34.7 Å². The van der Waals surface area contributed by atoms with E-state index in [0.717, 1.165) is 29.8 Å². The highest BCUT2D eigenvalue weighted by molar-refractivity contribution is 6.31. The lowest BCUT2D eigenvalue weighted by atomic mass is 9.87. The van der Waals surface area contributed by atoms with Crippen LogP contribution in [0.3, 0.4) is 0 Å². The molecule has 2 aliphatic heterocycles. The highest BCUT2D eigenvalue weighted by Gasteiger charge is 2.45. The van der Waals surface area contributed by atoms with Crippen molar-refractivity contribution in [1.29, 1.82) is 5.26 Å². The maximum Gasteiger partial charge on any atom is 0.410 e. The van der Waals surface area contributed by atoms with Crippen LogP contribution in [-0.2, 0) is 21.7 Å². The molecule has 1 spiro atoms. The van der Waals surface area contributed by atoms with Crippen LogP contribution in [0.15, 0.2) is 6.07 Å². The fraction of sp³-hybridized carbons (Fsp3) is 0.667. The minimum Gasteiger partial charge on any atom is -0.444 e. The third kappa shape index (κ3) is 5.36. The first-order valence-electron chi connectivity index (χ1n) is 9.65. The third-order valence-electron chi connectivity index (χ3n) is 4.65. The van der Waals surface area contributed by atoms with E-state index in [1.807, 2.05) is 53.7 Å². The number of nitriles is 1. The number of aryl methyl sites for hydroxylation is 1. The minimum absolute atomic E-state index is 0.190. The molecule has 6 nitrogen and oxygen atoms in total. The van der Waals surface area contributed by atoms with E-state index >= 15 is 0 Å². The van der Waals surface area contributed by atoms with Gasteiger partial charge in [0, 0.05) is 24.6 Å². The number of nitrogens with zero attached hydrogens (tertiary/aromatic N) is 3. The zero-order chi connectivity index (χ0) is 21.1. The molecule has 1 amide bonds. The lowest BCUT2D eigenvalue weighted by Gasteiger charge is -2.39. The van der Waals surface area contributed by atoms with Gasteiger partial charge in [-0.3, -0.25) is 4.98 Å². The van der Waals surface area contributed by atoms with E-state index in [-0.39, 0.29) is 17.6 Å². The lowest BCUT2D eigenvalue weighted by Crippen LogP contribution is -2.47. The van der Waals surface area contributed by atoms with Crippen molar-refractivity contribution in [3.05, 3.63) is 28.0 Å². The molecule has 1 aromatic rings. The Labute approximate surface area is 172 Å². The van der Waals surface area contributed by atoms with Crippen LogP contribution in [0.1, 0.15) is 64.4 Å². The Kier molecular flexibility index (Phi) is 6.95. The van der Waals surface area contributed by atoms with E-state index in [1.54, 1.807) is 4.90 Å². The molecule has 0 aromatic carbocycles. The molecule has 3 rings (SSSR count). The van der Waals surface area contributed by atoms with E-state index in [9.17, 15) is 4.79 Å². The lowest BCUT2D eigenvalue weighted by molar-refractivity contribution is -0.0817. The van der Waals surface area contributed by atoms with Gasteiger partial charge in [0.2, 0.25) is 0 Å². The van der Waals surface area contributed by atoms with Gasteiger partial charge in [-0.15, -0.1) is 0 Å². The molecule has 154 valence electrons. The summed E-state index contributed by atoms with van der Waals surface area (Å²) in [5, 5.41) is 8.57. The van der Waals surface area contributed by atoms with Crippen LogP contribution in [0, 0.1) is 24.2 Å². The van der Waals surface area contributed by atoms with Crippen molar-refractivity contribution in [2.45, 2.75) is 72.2 Å². The molecule has 0 aliphatic carbocycles. The molecule has 7 heteroatoms. The summed E-state index contributed by atoms with van der Waals surface area (Å²) in [6, 6.07) is 3.98. The molecule has 0 atom stereocenters. The van der Waals surface area contributed by atoms with E-state index < -0.39 is 5.60 Å². The number of pyridine rings is 1. The Hall–Kier alpha value is -1.84. The summed E-state index contributed by atoms with van der Waals surface area (Å²) in [6.07, 6.45) is 1.20. The number of likely N-dealkylation sites (tertiary alicyclic amines) is 1. The van der Waals surface area contributed by atoms with Gasteiger partial charge in [-0.2, -0.15) is 5.26 Å². The standard InChI is InChI=1S/C17H23ClN2O3.C4H7N/c1-11-13(18)9-12-10-22-17(14(12)19-11)5-7-20(8-6-17)15(21)23-16(2,3)4;1-4(2)3-5/h9H,5-8,10H2,1-4H3;4H,1-2H3. The van der Waals surface area contributed by atoms with Crippen LogP contribution in [0.5, 0.6) is 0 Å². The average molecular weight is 408 g/mol. The Morgan fingerprint density at radius 1 is 1.39 bits per heavy atom. The summed E-state index contributed by atoms with van der Waals surface area (Å²) in [5.74, 6) is 0.190. The molecule has 1 saturated heterocycles. The average Bonchev–Trinajstić information content (AvgIpc) is 2.92. The molecule has 3 heterocycles. The monoisotopic (exact) mass is 407 g/mol. The van der Waals surface area contributed by atoms with Gasteiger partial charge in [0.05, 0.1) is 29.1 Å². The highest BCUT2D eigenvalue weighted by atomic mass is 35.5. The Morgan fingerprint density at radius 2 is 1.96 bits per heavy atom. The van der Waals surface area contributed by atoms with Gasteiger partial charge in [-0.1, -0.05) is 11.6 Å². The second-order valence-corrected chi connectivity index (χ2v) is 9.00. The molecular formula is C21H30ClN3O3. The molecule has 0 saturated carbocycles. The van der Waals surface area contributed by atoms with Gasteiger partial charge in [0.15, 0.2) is 0 Å². The first kappa shape index (κ1) is 22.4.